The molecule has 1 aliphatic heterocycles. The summed E-state index contributed by atoms with van der Waals surface area (Å²) in [6.45, 7) is 7.05. The van der Waals surface area contributed by atoms with Crippen LogP contribution in [0, 0.1) is 5.41 Å². The van der Waals surface area contributed by atoms with Crippen LogP contribution in [-0.2, 0) is 4.79 Å². The summed E-state index contributed by atoms with van der Waals surface area (Å²) < 4.78 is 0. The van der Waals surface area contributed by atoms with E-state index < -0.39 is 0 Å². The normalized spacial score (nSPS) is 20.3. The van der Waals surface area contributed by atoms with Gasteiger partial charge in [0.25, 0.3) is 0 Å². The molecule has 0 aromatic heterocycles. The van der Waals surface area contributed by atoms with Gasteiger partial charge in [-0.3, -0.25) is 4.79 Å². The molecule has 0 bridgehead atoms. The number of piperidine rings is 1. The third-order valence-electron chi connectivity index (χ3n) is 3.10. The quantitative estimate of drug-likeness (QED) is 0.722. The van der Waals surface area contributed by atoms with E-state index in [1.807, 2.05) is 4.90 Å². The molecule has 3 nitrogen and oxygen atoms in total. The lowest BCUT2D eigenvalue weighted by Crippen LogP contribution is -2.43. The minimum atomic E-state index is 0.307. The zero-order chi connectivity index (χ0) is 11.3. The second-order valence-electron chi connectivity index (χ2n) is 5.33. The fourth-order valence-electron chi connectivity index (χ4n) is 2.21. The first-order valence-electron chi connectivity index (χ1n) is 6.03. The predicted molar refractivity (Wildman–Crippen MR) is 62.5 cm³/mol. The molecule has 3 heteroatoms. The molecule has 0 aliphatic carbocycles. The van der Waals surface area contributed by atoms with Crippen molar-refractivity contribution in [1.29, 1.82) is 0 Å². The highest BCUT2D eigenvalue weighted by atomic mass is 16.2. The SMILES string of the molecule is CC1(C)CCCN(C(=O)CCCCN)C1. The van der Waals surface area contributed by atoms with Gasteiger partial charge in [-0.15, -0.1) is 0 Å². The van der Waals surface area contributed by atoms with E-state index in [2.05, 4.69) is 13.8 Å². The van der Waals surface area contributed by atoms with Crippen molar-refractivity contribution in [3.05, 3.63) is 0 Å². The predicted octanol–water partition coefficient (Wildman–Crippen LogP) is 1.76. The first kappa shape index (κ1) is 12.5. The molecule has 1 fully saturated rings. The van der Waals surface area contributed by atoms with Crippen molar-refractivity contribution in [2.75, 3.05) is 19.6 Å². The van der Waals surface area contributed by atoms with Gasteiger partial charge in [-0.2, -0.15) is 0 Å². The zero-order valence-electron chi connectivity index (χ0n) is 10.1. The highest BCUT2D eigenvalue weighted by molar-refractivity contribution is 5.76. The number of hydrogen-bond donors (Lipinski definition) is 1. The Kier molecular flexibility index (Phi) is 4.58. The van der Waals surface area contributed by atoms with Crippen LogP contribution in [0.25, 0.3) is 0 Å². The summed E-state index contributed by atoms with van der Waals surface area (Å²) in [5.74, 6) is 0.316. The summed E-state index contributed by atoms with van der Waals surface area (Å²) in [7, 11) is 0. The lowest BCUT2D eigenvalue weighted by molar-refractivity contribution is -0.134. The Morgan fingerprint density at radius 2 is 2.13 bits per heavy atom. The maximum Gasteiger partial charge on any atom is 0.222 e. The lowest BCUT2D eigenvalue weighted by atomic mass is 9.84. The third kappa shape index (κ3) is 4.20. The molecule has 15 heavy (non-hydrogen) atoms. The van der Waals surface area contributed by atoms with Crippen LogP contribution in [0.2, 0.25) is 0 Å². The number of unbranched alkanes of at least 4 members (excludes halogenated alkanes) is 1. The molecule has 1 amide bonds. The summed E-state index contributed by atoms with van der Waals surface area (Å²) in [6.07, 6.45) is 4.96. The molecule has 1 heterocycles. The molecule has 0 spiro atoms. The van der Waals surface area contributed by atoms with Gasteiger partial charge in [-0.25, -0.2) is 0 Å². The van der Waals surface area contributed by atoms with Gasteiger partial charge in [0, 0.05) is 19.5 Å². The maximum atomic E-state index is 11.8. The van der Waals surface area contributed by atoms with Gasteiger partial charge in [-0.05, 0) is 37.6 Å². The van der Waals surface area contributed by atoms with Gasteiger partial charge in [0.2, 0.25) is 5.91 Å². The Balaban J connectivity index is 2.32. The van der Waals surface area contributed by atoms with Crippen molar-refractivity contribution >= 4 is 5.91 Å². The van der Waals surface area contributed by atoms with Crippen LogP contribution in [0.4, 0.5) is 0 Å². The van der Waals surface area contributed by atoms with E-state index in [0.29, 0.717) is 24.3 Å². The second-order valence-corrected chi connectivity index (χ2v) is 5.33. The molecular formula is C12H24N2O. The molecule has 0 saturated carbocycles. The first-order valence-corrected chi connectivity index (χ1v) is 6.03. The van der Waals surface area contributed by atoms with E-state index in [-0.39, 0.29) is 0 Å². The van der Waals surface area contributed by atoms with Crippen molar-refractivity contribution in [3.63, 3.8) is 0 Å². The highest BCUT2D eigenvalue weighted by Gasteiger charge is 2.28. The number of nitrogens with zero attached hydrogens (tertiary/aromatic N) is 1. The second kappa shape index (κ2) is 5.50. The Morgan fingerprint density at radius 3 is 2.73 bits per heavy atom. The van der Waals surface area contributed by atoms with Crippen molar-refractivity contribution in [2.24, 2.45) is 11.1 Å². The number of rotatable bonds is 4. The van der Waals surface area contributed by atoms with Gasteiger partial charge in [0.15, 0.2) is 0 Å². The molecule has 0 unspecified atom stereocenters. The van der Waals surface area contributed by atoms with Gasteiger partial charge < -0.3 is 10.6 Å². The molecule has 0 atom stereocenters. The Labute approximate surface area is 93.0 Å². The number of carbonyl (C=O) groups is 1. The number of amides is 1. The summed E-state index contributed by atoms with van der Waals surface area (Å²) in [5.41, 5.74) is 5.72. The van der Waals surface area contributed by atoms with E-state index in [4.69, 9.17) is 5.73 Å². The van der Waals surface area contributed by atoms with E-state index >= 15 is 0 Å². The largest absolute Gasteiger partial charge is 0.342 e. The van der Waals surface area contributed by atoms with Gasteiger partial charge >= 0.3 is 0 Å². The van der Waals surface area contributed by atoms with Gasteiger partial charge in [0.1, 0.15) is 0 Å². The van der Waals surface area contributed by atoms with E-state index in [9.17, 15) is 4.79 Å². The maximum absolute atomic E-state index is 11.8. The standard InChI is InChI=1S/C12H24N2O/c1-12(2)7-5-9-14(10-12)11(15)6-3-4-8-13/h3-10,13H2,1-2H3. The van der Waals surface area contributed by atoms with E-state index in [1.54, 1.807) is 0 Å². The van der Waals surface area contributed by atoms with Crippen LogP contribution >= 0.6 is 0 Å². The Morgan fingerprint density at radius 1 is 1.40 bits per heavy atom. The summed E-state index contributed by atoms with van der Waals surface area (Å²) >= 11 is 0. The van der Waals surface area contributed by atoms with E-state index in [0.717, 1.165) is 32.4 Å². The smallest absolute Gasteiger partial charge is 0.222 e. The molecule has 0 aromatic carbocycles. The average molecular weight is 212 g/mol. The third-order valence-corrected chi connectivity index (χ3v) is 3.10. The average Bonchev–Trinajstić information content (AvgIpc) is 2.16. The number of hydrogen-bond acceptors (Lipinski definition) is 2. The van der Waals surface area contributed by atoms with Crippen LogP contribution in [0.5, 0.6) is 0 Å². The molecule has 88 valence electrons. The van der Waals surface area contributed by atoms with Crippen LogP contribution in [0.1, 0.15) is 46.0 Å². The fourth-order valence-corrected chi connectivity index (χ4v) is 2.21. The molecule has 1 aliphatic rings. The van der Waals surface area contributed by atoms with Crippen molar-refractivity contribution in [2.45, 2.75) is 46.0 Å². The van der Waals surface area contributed by atoms with Crippen LogP contribution in [0.15, 0.2) is 0 Å². The minimum absolute atomic E-state index is 0.307. The van der Waals surface area contributed by atoms with Gasteiger partial charge in [-0.1, -0.05) is 13.8 Å². The number of nitrogens with two attached hydrogens (primary N) is 1. The zero-order valence-corrected chi connectivity index (χ0v) is 10.1. The summed E-state index contributed by atoms with van der Waals surface area (Å²) in [4.78, 5) is 13.9. The molecule has 0 aromatic rings. The topological polar surface area (TPSA) is 46.3 Å². The molecule has 0 radical (unpaired) electrons. The van der Waals surface area contributed by atoms with Crippen molar-refractivity contribution < 1.29 is 4.79 Å². The van der Waals surface area contributed by atoms with Crippen molar-refractivity contribution in [3.8, 4) is 0 Å². The van der Waals surface area contributed by atoms with Crippen LogP contribution in [-0.4, -0.2) is 30.4 Å². The fraction of sp³-hybridized carbons (Fsp3) is 0.917. The Hall–Kier alpha value is -0.570. The highest BCUT2D eigenvalue weighted by Crippen LogP contribution is 2.28. The molecule has 2 N–H and O–H groups in total. The number of carbonyl (C=O) groups excluding carboxylic acids is 1. The lowest BCUT2D eigenvalue weighted by Gasteiger charge is -2.38. The molecular weight excluding hydrogens is 188 g/mol. The monoisotopic (exact) mass is 212 g/mol. The van der Waals surface area contributed by atoms with Crippen LogP contribution in [0.3, 0.4) is 0 Å². The Bertz CT molecular complexity index is 214. The van der Waals surface area contributed by atoms with Crippen LogP contribution < -0.4 is 5.73 Å². The van der Waals surface area contributed by atoms with Gasteiger partial charge in [0.05, 0.1) is 0 Å². The first-order chi connectivity index (χ1) is 7.05. The summed E-state index contributed by atoms with van der Waals surface area (Å²) in [6, 6.07) is 0. The molecule has 1 rings (SSSR count). The summed E-state index contributed by atoms with van der Waals surface area (Å²) in [5, 5.41) is 0. The van der Waals surface area contributed by atoms with E-state index in [1.165, 1.54) is 6.42 Å². The van der Waals surface area contributed by atoms with Crippen molar-refractivity contribution in [1.82, 2.24) is 4.90 Å². The minimum Gasteiger partial charge on any atom is -0.342 e. The number of likely N-dealkylation sites (tertiary alicyclic amines) is 1. The molecule has 1 saturated heterocycles.